The lowest BCUT2D eigenvalue weighted by Gasteiger charge is -2.12. The zero-order valence-corrected chi connectivity index (χ0v) is 12.6. The maximum absolute atomic E-state index is 11.8. The lowest BCUT2D eigenvalue weighted by atomic mass is 9.99. The van der Waals surface area contributed by atoms with Crippen molar-refractivity contribution in [1.82, 2.24) is 0 Å². The minimum Gasteiger partial charge on any atom is -0.507 e. The van der Waals surface area contributed by atoms with Crippen LogP contribution >= 0.6 is 0 Å². The fraction of sp³-hybridized carbons (Fsp3) is 0.562. The average molecular weight is 280 g/mol. The lowest BCUT2D eigenvalue weighted by Crippen LogP contribution is -2.07. The average Bonchev–Trinajstić information content (AvgIpc) is 2.45. The maximum Gasteiger partial charge on any atom is 0.341 e. The van der Waals surface area contributed by atoms with Gasteiger partial charge in [0, 0.05) is 6.07 Å². The molecular weight excluding hydrogens is 256 g/mol. The summed E-state index contributed by atoms with van der Waals surface area (Å²) in [5.41, 5.74) is 1.04. The van der Waals surface area contributed by atoms with Gasteiger partial charge >= 0.3 is 5.97 Å². The Kier molecular flexibility index (Phi) is 6.91. The number of benzene rings is 1. The van der Waals surface area contributed by atoms with Crippen molar-refractivity contribution < 1.29 is 19.4 Å². The van der Waals surface area contributed by atoms with Gasteiger partial charge in [-0.2, -0.15) is 0 Å². The Balaban J connectivity index is 2.84. The largest absolute Gasteiger partial charge is 0.507 e. The molecule has 0 unspecified atom stereocenters. The van der Waals surface area contributed by atoms with Crippen molar-refractivity contribution in [3.8, 4) is 11.5 Å². The number of esters is 1. The van der Waals surface area contributed by atoms with Gasteiger partial charge < -0.3 is 14.6 Å². The predicted octanol–water partition coefficient (Wildman–Crippen LogP) is 3.70. The first kappa shape index (κ1) is 16.3. The first-order valence-electron chi connectivity index (χ1n) is 7.12. The van der Waals surface area contributed by atoms with Crippen molar-refractivity contribution in [1.29, 1.82) is 0 Å². The summed E-state index contributed by atoms with van der Waals surface area (Å²) in [5.74, 6) is -0.0350. The third-order valence-electron chi connectivity index (χ3n) is 3.35. The number of aromatic hydroxyl groups is 1. The third-order valence-corrected chi connectivity index (χ3v) is 3.35. The highest BCUT2D eigenvalue weighted by molar-refractivity contribution is 5.94. The Labute approximate surface area is 120 Å². The minimum absolute atomic E-state index is 0.0836. The molecule has 0 heterocycles. The second kappa shape index (κ2) is 8.46. The first-order valence-corrected chi connectivity index (χ1v) is 7.12. The van der Waals surface area contributed by atoms with Gasteiger partial charge in [0.05, 0.1) is 14.2 Å². The van der Waals surface area contributed by atoms with Crippen molar-refractivity contribution in [2.24, 2.45) is 0 Å². The van der Waals surface area contributed by atoms with Gasteiger partial charge in [-0.1, -0.05) is 32.6 Å². The highest BCUT2D eigenvalue weighted by atomic mass is 16.5. The zero-order valence-electron chi connectivity index (χ0n) is 12.6. The molecule has 20 heavy (non-hydrogen) atoms. The van der Waals surface area contributed by atoms with Crippen LogP contribution in [0.25, 0.3) is 0 Å². The molecule has 1 N–H and O–H groups in total. The van der Waals surface area contributed by atoms with E-state index in [2.05, 4.69) is 6.92 Å². The number of hydrogen-bond acceptors (Lipinski definition) is 4. The van der Waals surface area contributed by atoms with Crippen molar-refractivity contribution in [3.63, 3.8) is 0 Å². The number of ether oxygens (including phenoxy) is 2. The number of phenolic OH excluding ortho intramolecular Hbond substituents is 1. The van der Waals surface area contributed by atoms with Crippen LogP contribution in [-0.2, 0) is 11.2 Å². The Morgan fingerprint density at radius 2 is 1.85 bits per heavy atom. The van der Waals surface area contributed by atoms with E-state index < -0.39 is 5.97 Å². The second-order valence-electron chi connectivity index (χ2n) is 4.84. The molecule has 0 aliphatic carbocycles. The SMILES string of the molecule is CCCCCCCc1cc(OC)cc(O)c1C(=O)OC. The van der Waals surface area contributed by atoms with Crippen molar-refractivity contribution in [2.75, 3.05) is 14.2 Å². The highest BCUT2D eigenvalue weighted by Crippen LogP contribution is 2.29. The van der Waals surface area contributed by atoms with Gasteiger partial charge in [0.1, 0.15) is 17.1 Å². The second-order valence-corrected chi connectivity index (χ2v) is 4.84. The van der Waals surface area contributed by atoms with Crippen LogP contribution in [0.5, 0.6) is 11.5 Å². The lowest BCUT2D eigenvalue weighted by molar-refractivity contribution is 0.0596. The fourth-order valence-electron chi connectivity index (χ4n) is 2.23. The van der Waals surface area contributed by atoms with Crippen LogP contribution in [0.15, 0.2) is 12.1 Å². The normalized spacial score (nSPS) is 10.3. The highest BCUT2D eigenvalue weighted by Gasteiger charge is 2.18. The van der Waals surface area contributed by atoms with Crippen LogP contribution in [0.4, 0.5) is 0 Å². The first-order chi connectivity index (χ1) is 9.63. The Morgan fingerprint density at radius 3 is 2.45 bits per heavy atom. The molecule has 0 amide bonds. The number of hydrogen-bond donors (Lipinski definition) is 1. The molecule has 0 aliphatic heterocycles. The molecule has 4 heteroatoms. The number of carbonyl (C=O) groups is 1. The molecule has 0 spiro atoms. The van der Waals surface area contributed by atoms with E-state index in [1.807, 2.05) is 0 Å². The van der Waals surface area contributed by atoms with E-state index in [4.69, 9.17) is 9.47 Å². The molecule has 0 aliphatic rings. The zero-order chi connectivity index (χ0) is 15.0. The van der Waals surface area contributed by atoms with Crippen molar-refractivity contribution >= 4 is 5.97 Å². The van der Waals surface area contributed by atoms with E-state index in [0.717, 1.165) is 24.8 Å². The fourth-order valence-corrected chi connectivity index (χ4v) is 2.23. The summed E-state index contributed by atoms with van der Waals surface area (Å²) < 4.78 is 9.87. The van der Waals surface area contributed by atoms with Crippen LogP contribution in [0.1, 0.15) is 54.9 Å². The Hall–Kier alpha value is -1.71. The van der Waals surface area contributed by atoms with Crippen LogP contribution in [0, 0.1) is 0 Å². The summed E-state index contributed by atoms with van der Waals surface area (Å²) in [4.78, 5) is 11.8. The number of rotatable bonds is 8. The van der Waals surface area contributed by atoms with Gasteiger partial charge in [-0.15, -0.1) is 0 Å². The predicted molar refractivity (Wildman–Crippen MR) is 78.5 cm³/mol. The van der Waals surface area contributed by atoms with Crippen LogP contribution in [0.3, 0.4) is 0 Å². The van der Waals surface area contributed by atoms with Gasteiger partial charge in [-0.3, -0.25) is 0 Å². The summed E-state index contributed by atoms with van der Waals surface area (Å²) in [6, 6.07) is 3.23. The standard InChI is InChI=1S/C16H24O4/c1-4-5-6-7-8-9-12-10-13(19-2)11-14(17)15(12)16(18)20-3/h10-11,17H,4-9H2,1-3H3. The molecule has 1 aromatic rings. The van der Waals surface area contributed by atoms with Crippen LogP contribution < -0.4 is 4.74 Å². The summed E-state index contributed by atoms with van der Waals surface area (Å²) in [5, 5.41) is 9.96. The summed E-state index contributed by atoms with van der Waals surface area (Å²) in [7, 11) is 2.86. The monoisotopic (exact) mass is 280 g/mol. The van der Waals surface area contributed by atoms with Crippen LogP contribution in [0.2, 0.25) is 0 Å². The number of unbranched alkanes of at least 4 members (excludes halogenated alkanes) is 4. The third kappa shape index (κ3) is 4.44. The van der Waals surface area contributed by atoms with Crippen LogP contribution in [-0.4, -0.2) is 25.3 Å². The van der Waals surface area contributed by atoms with E-state index in [0.29, 0.717) is 5.75 Å². The number of methoxy groups -OCH3 is 2. The van der Waals surface area contributed by atoms with E-state index in [1.54, 1.807) is 6.07 Å². The molecule has 1 aromatic carbocycles. The molecular formula is C16H24O4. The molecule has 1 rings (SSSR count). The molecule has 112 valence electrons. The van der Waals surface area contributed by atoms with Gasteiger partial charge in [0.15, 0.2) is 0 Å². The molecule has 4 nitrogen and oxygen atoms in total. The number of carbonyl (C=O) groups excluding carboxylic acids is 1. The smallest absolute Gasteiger partial charge is 0.341 e. The van der Waals surface area contributed by atoms with Crippen molar-refractivity contribution in [3.05, 3.63) is 23.3 Å². The summed E-state index contributed by atoms with van der Waals surface area (Å²) in [6.07, 6.45) is 6.46. The van der Waals surface area contributed by atoms with E-state index in [1.165, 1.54) is 39.5 Å². The molecule has 0 saturated heterocycles. The van der Waals surface area contributed by atoms with E-state index >= 15 is 0 Å². The van der Waals surface area contributed by atoms with Crippen molar-refractivity contribution in [2.45, 2.75) is 45.4 Å². The van der Waals surface area contributed by atoms with E-state index in [-0.39, 0.29) is 11.3 Å². The molecule has 0 bridgehead atoms. The van der Waals surface area contributed by atoms with Gasteiger partial charge in [0.25, 0.3) is 0 Å². The summed E-state index contributed by atoms with van der Waals surface area (Å²) >= 11 is 0. The Morgan fingerprint density at radius 1 is 1.15 bits per heavy atom. The van der Waals surface area contributed by atoms with Gasteiger partial charge in [-0.25, -0.2) is 4.79 Å². The number of phenols is 1. The Bertz CT molecular complexity index is 440. The van der Waals surface area contributed by atoms with Gasteiger partial charge in [0.2, 0.25) is 0 Å². The minimum atomic E-state index is -0.506. The molecule has 0 aromatic heterocycles. The summed E-state index contributed by atoms with van der Waals surface area (Å²) in [6.45, 7) is 2.18. The molecule has 0 fully saturated rings. The molecule has 0 radical (unpaired) electrons. The maximum atomic E-state index is 11.8. The van der Waals surface area contributed by atoms with Gasteiger partial charge in [-0.05, 0) is 24.5 Å². The topological polar surface area (TPSA) is 55.8 Å². The molecule has 0 saturated carbocycles. The number of aryl methyl sites for hydroxylation is 1. The van der Waals surface area contributed by atoms with E-state index in [9.17, 15) is 9.90 Å². The molecule has 0 atom stereocenters. The quantitative estimate of drug-likeness (QED) is 0.582.